The fourth-order valence-corrected chi connectivity index (χ4v) is 0.614. The highest BCUT2D eigenvalue weighted by Crippen LogP contribution is 1.77. The molecule has 1 aromatic heterocycles. The van der Waals surface area contributed by atoms with Crippen LogP contribution in [0.15, 0.2) is 11.6 Å². The van der Waals surface area contributed by atoms with Crippen LogP contribution in [0, 0.1) is 0 Å². The molecule has 1 heterocycles. The second-order valence-electron chi connectivity index (χ2n) is 1.01. The molecule has 0 amide bonds. The first-order valence-corrected chi connectivity index (χ1v) is 2.65. The molecule has 0 bridgehead atoms. The molecule has 4 N–H and O–H groups in total. The fraction of sp³-hybridized carbons (Fsp3) is 0. The van der Waals surface area contributed by atoms with E-state index in [1.165, 1.54) is 16.4 Å². The summed E-state index contributed by atoms with van der Waals surface area (Å²) in [6.45, 7) is 0. The molecule has 0 saturated carbocycles. The number of hydrogen-bond donors (Lipinski definition) is 3. The van der Waals surface area contributed by atoms with E-state index >= 15 is 0 Å². The summed E-state index contributed by atoms with van der Waals surface area (Å²) in [5.41, 5.74) is 0. The van der Waals surface area contributed by atoms with E-state index in [0.29, 0.717) is 0 Å². The van der Waals surface area contributed by atoms with Crippen molar-refractivity contribution in [2.75, 3.05) is 5.84 Å². The van der Waals surface area contributed by atoms with Crippen LogP contribution in [0.3, 0.4) is 0 Å². The number of nitrogens with two attached hydrogens (primary N) is 1. The monoisotopic (exact) mass is 118 g/mol. The molecule has 7 heavy (non-hydrogen) atoms. The van der Waals surface area contributed by atoms with E-state index in [9.17, 15) is 0 Å². The molecule has 0 radical (unpaired) electrons. The second-order valence-corrected chi connectivity index (χ2v) is 1.70. The molecule has 0 saturated heterocycles. The third kappa shape index (κ3) is 1.01. The van der Waals surface area contributed by atoms with Crippen LogP contribution in [0.5, 0.6) is 0 Å². The number of nitrogens with one attached hydrogen (secondary N) is 2. The van der Waals surface area contributed by atoms with Gasteiger partial charge in [-0.15, -0.1) is 4.91 Å². The summed E-state index contributed by atoms with van der Waals surface area (Å²) in [6.07, 6.45) is 1.74. The molecule has 0 aliphatic heterocycles. The molecule has 4 nitrogen and oxygen atoms in total. The van der Waals surface area contributed by atoms with Gasteiger partial charge in [0.2, 0.25) is 0 Å². The van der Waals surface area contributed by atoms with Crippen LogP contribution in [-0.2, 0) is 0 Å². The van der Waals surface area contributed by atoms with Crippen molar-refractivity contribution in [3.05, 3.63) is 11.6 Å². The summed E-state index contributed by atoms with van der Waals surface area (Å²) in [5, 5.41) is 4.53. The second kappa shape index (κ2) is 1.74. The maximum atomic E-state index is 5.17. The zero-order valence-corrected chi connectivity index (χ0v) is 4.40. The highest BCUT2D eigenvalue weighted by atomic mass is 32.1. The van der Waals surface area contributed by atoms with Gasteiger partial charge in [-0.05, 0) is 11.5 Å². The predicted molar refractivity (Wildman–Crippen MR) is 28.8 cm³/mol. The Morgan fingerprint density at radius 2 is 2.57 bits per heavy atom. The first-order chi connectivity index (χ1) is 3.39. The van der Waals surface area contributed by atoms with Gasteiger partial charge in [0.15, 0.2) is 0 Å². The number of H-pyrrole nitrogens is 2. The van der Waals surface area contributed by atoms with Gasteiger partial charge in [-0.25, -0.2) is 4.49 Å². The summed E-state index contributed by atoms with van der Waals surface area (Å²) in [6, 6.07) is 0. The Labute approximate surface area is 44.3 Å². The minimum absolute atomic E-state index is 1.27. The number of aromatic amines is 2. The first kappa shape index (κ1) is 4.32. The largest absolute Gasteiger partial charge is 0.309 e. The van der Waals surface area contributed by atoms with Crippen LogP contribution >= 0.6 is 11.5 Å². The van der Waals surface area contributed by atoms with Gasteiger partial charge < -0.3 is 5.84 Å². The lowest BCUT2D eigenvalue weighted by Gasteiger charge is -1.92. The van der Waals surface area contributed by atoms with Gasteiger partial charge in [-0.2, -0.15) is 0 Å². The van der Waals surface area contributed by atoms with Crippen LogP contribution in [0.4, 0.5) is 0 Å². The molecular weight excluding hydrogens is 112 g/mol. The van der Waals surface area contributed by atoms with Gasteiger partial charge in [-0.1, -0.05) is 0 Å². The Hall–Kier alpha value is -0.840. The Kier molecular flexibility index (Phi) is 1.08. The third-order valence-corrected chi connectivity index (χ3v) is 1.08. The highest BCUT2D eigenvalue weighted by molar-refractivity contribution is 7.03. The summed E-state index contributed by atoms with van der Waals surface area (Å²) in [5.74, 6) is 5.17. The van der Waals surface area contributed by atoms with E-state index in [4.69, 9.17) is 5.84 Å². The Balaban J connectivity index is 3.02. The van der Waals surface area contributed by atoms with E-state index in [1.807, 2.05) is 5.38 Å². The maximum absolute atomic E-state index is 5.17. The van der Waals surface area contributed by atoms with Crippen molar-refractivity contribution in [2.24, 2.45) is 0 Å². The third-order valence-electron chi connectivity index (χ3n) is 0.501. The van der Waals surface area contributed by atoms with Crippen LogP contribution in [0.1, 0.15) is 0 Å². The lowest BCUT2D eigenvalue weighted by Crippen LogP contribution is -2.13. The van der Waals surface area contributed by atoms with E-state index in [2.05, 4.69) is 9.59 Å². The zero-order chi connectivity index (χ0) is 5.11. The van der Waals surface area contributed by atoms with Gasteiger partial charge in [0.1, 0.15) is 0 Å². The van der Waals surface area contributed by atoms with Crippen LogP contribution < -0.4 is 5.84 Å². The smallest absolute Gasteiger partial charge is 0.0329 e. The van der Waals surface area contributed by atoms with E-state index in [0.717, 1.165) is 0 Å². The van der Waals surface area contributed by atoms with Crippen LogP contribution in [-0.4, -0.2) is 14.5 Å². The van der Waals surface area contributed by atoms with Crippen molar-refractivity contribution in [1.29, 1.82) is 0 Å². The first-order valence-electron chi connectivity index (χ1n) is 1.77. The maximum Gasteiger partial charge on any atom is 0.0329 e. The Morgan fingerprint density at radius 1 is 1.71 bits per heavy atom. The SMILES string of the molecule is Nn1[nH]ccs[nH]1. The van der Waals surface area contributed by atoms with Crippen molar-refractivity contribution in [1.82, 2.24) is 14.5 Å². The molecule has 0 atom stereocenters. The number of nitrogens with zero attached hydrogens (tertiary/aromatic N) is 1. The van der Waals surface area contributed by atoms with Crippen molar-refractivity contribution >= 4 is 11.5 Å². The minimum atomic E-state index is 1.27. The normalized spacial score (nSPS) is 8.57. The molecule has 40 valence electrons. The number of rotatable bonds is 0. The summed E-state index contributed by atoms with van der Waals surface area (Å²) in [4.78, 5) is 1.27. The number of aromatic nitrogens is 3. The molecule has 0 aliphatic rings. The fourth-order valence-electron chi connectivity index (χ4n) is 0.258. The summed E-state index contributed by atoms with van der Waals surface area (Å²) in [7, 11) is 0. The zero-order valence-electron chi connectivity index (χ0n) is 3.59. The molecule has 0 aliphatic carbocycles. The standard InChI is InChI=1S/C2H6N4S/c3-6-4-1-2-7-5-6/h1-2,4-5H,3H2. The van der Waals surface area contributed by atoms with E-state index in [1.54, 1.807) is 6.20 Å². The number of nitrogen functional groups attached to an aromatic ring is 1. The molecule has 1 rings (SSSR count). The van der Waals surface area contributed by atoms with Gasteiger partial charge in [0.25, 0.3) is 0 Å². The molecule has 0 fully saturated rings. The van der Waals surface area contributed by atoms with E-state index < -0.39 is 0 Å². The molecule has 0 spiro atoms. The van der Waals surface area contributed by atoms with Crippen molar-refractivity contribution in [3.63, 3.8) is 0 Å². The van der Waals surface area contributed by atoms with Gasteiger partial charge in [-0.3, -0.25) is 5.10 Å². The number of hydrogen-bond acceptors (Lipinski definition) is 2. The summed E-state index contributed by atoms with van der Waals surface area (Å²) >= 11 is 1.41. The minimum Gasteiger partial charge on any atom is -0.309 e. The lowest BCUT2D eigenvalue weighted by molar-refractivity contribution is 0.699. The average Bonchev–Trinajstić information content (AvgIpc) is 1.69. The topological polar surface area (TPSA) is 62.5 Å². The predicted octanol–water partition coefficient (Wildman–Crippen LogP) is 0.0440. The summed E-state index contributed by atoms with van der Waals surface area (Å²) < 4.78 is 2.71. The van der Waals surface area contributed by atoms with Gasteiger partial charge >= 0.3 is 0 Å². The Morgan fingerprint density at radius 3 is 2.86 bits per heavy atom. The highest BCUT2D eigenvalue weighted by Gasteiger charge is 1.64. The lowest BCUT2D eigenvalue weighted by atomic mass is 11.0. The van der Waals surface area contributed by atoms with Crippen molar-refractivity contribution in [2.45, 2.75) is 0 Å². The van der Waals surface area contributed by atoms with Gasteiger partial charge in [0, 0.05) is 11.6 Å². The quantitative estimate of drug-likeness (QED) is 0.414. The van der Waals surface area contributed by atoms with Crippen LogP contribution in [0.2, 0.25) is 0 Å². The van der Waals surface area contributed by atoms with E-state index in [-0.39, 0.29) is 0 Å². The molecule has 5 heteroatoms. The molecule has 1 aromatic rings. The van der Waals surface area contributed by atoms with Crippen molar-refractivity contribution in [3.8, 4) is 0 Å². The average molecular weight is 118 g/mol. The molecule has 0 unspecified atom stereocenters. The van der Waals surface area contributed by atoms with Gasteiger partial charge in [0.05, 0.1) is 0 Å². The molecular formula is C2H6N4S. The van der Waals surface area contributed by atoms with Crippen molar-refractivity contribution < 1.29 is 0 Å². The van der Waals surface area contributed by atoms with Crippen LogP contribution in [0.25, 0.3) is 0 Å². The molecule has 0 aromatic carbocycles. The Bertz CT molecular complexity index is 140.